The fraction of sp³-hybridized carbons (Fsp3) is 0.375. The number of hydrogen-bond acceptors (Lipinski definition) is 3. The highest BCUT2D eigenvalue weighted by Crippen LogP contribution is 2.30. The van der Waals surface area contributed by atoms with Crippen LogP contribution >= 0.6 is 11.3 Å². The molecule has 2 N–H and O–H groups in total. The Hall–Kier alpha value is -1.16. The predicted molar refractivity (Wildman–Crippen MR) is 81.3 cm³/mol. The average molecular weight is 272 g/mol. The van der Waals surface area contributed by atoms with E-state index >= 15 is 0 Å². The number of hydrogen-bond donors (Lipinski definition) is 1. The van der Waals surface area contributed by atoms with Crippen LogP contribution in [0.4, 0.5) is 0 Å². The van der Waals surface area contributed by atoms with Crippen molar-refractivity contribution in [3.05, 3.63) is 57.8 Å². The van der Waals surface area contributed by atoms with Crippen molar-refractivity contribution in [2.75, 3.05) is 6.54 Å². The van der Waals surface area contributed by atoms with E-state index in [1.807, 2.05) is 0 Å². The molecule has 2 nitrogen and oxygen atoms in total. The summed E-state index contributed by atoms with van der Waals surface area (Å²) in [6.07, 6.45) is 1.13. The van der Waals surface area contributed by atoms with E-state index in [4.69, 9.17) is 5.73 Å². The third kappa shape index (κ3) is 2.59. The van der Waals surface area contributed by atoms with Crippen LogP contribution in [-0.2, 0) is 13.0 Å². The van der Waals surface area contributed by atoms with Gasteiger partial charge in [0.2, 0.25) is 0 Å². The summed E-state index contributed by atoms with van der Waals surface area (Å²) in [5.41, 5.74) is 10.5. The van der Waals surface area contributed by atoms with Gasteiger partial charge in [0.05, 0.1) is 6.04 Å². The maximum absolute atomic E-state index is 6.24. The first-order valence-electron chi connectivity index (χ1n) is 6.84. The van der Waals surface area contributed by atoms with E-state index in [9.17, 15) is 0 Å². The van der Waals surface area contributed by atoms with E-state index in [0.29, 0.717) is 6.04 Å². The summed E-state index contributed by atoms with van der Waals surface area (Å²) in [5.74, 6) is 0. The second-order valence-corrected chi connectivity index (χ2v) is 6.13. The minimum atomic E-state index is 0.153. The first kappa shape index (κ1) is 12.9. The molecule has 0 amide bonds. The predicted octanol–water partition coefficient (Wildman–Crippen LogP) is 3.19. The van der Waals surface area contributed by atoms with Crippen LogP contribution in [0.5, 0.6) is 0 Å². The van der Waals surface area contributed by atoms with Gasteiger partial charge in [-0.15, -0.1) is 0 Å². The third-order valence-corrected chi connectivity index (χ3v) is 4.64. The van der Waals surface area contributed by atoms with Gasteiger partial charge < -0.3 is 5.73 Å². The molecule has 100 valence electrons. The van der Waals surface area contributed by atoms with Gasteiger partial charge in [0.15, 0.2) is 0 Å². The first-order chi connectivity index (χ1) is 9.25. The summed E-state index contributed by atoms with van der Waals surface area (Å²) in [6, 6.07) is 11.5. The molecule has 0 aliphatic carbocycles. The standard InChI is InChI=1S/C16H20N2S/c1-12(17)16(15-7-9-19-11-15)18-8-6-13-4-2-3-5-14(13)10-18/h2-5,7,9,11-12,16H,6,8,10,17H2,1H3. The van der Waals surface area contributed by atoms with Crippen molar-refractivity contribution in [2.24, 2.45) is 5.73 Å². The molecule has 3 rings (SSSR count). The van der Waals surface area contributed by atoms with Gasteiger partial charge in [-0.1, -0.05) is 24.3 Å². The van der Waals surface area contributed by atoms with Gasteiger partial charge >= 0.3 is 0 Å². The van der Waals surface area contributed by atoms with Gasteiger partial charge in [0.1, 0.15) is 0 Å². The topological polar surface area (TPSA) is 29.3 Å². The molecule has 1 aromatic carbocycles. The van der Waals surface area contributed by atoms with Crippen molar-refractivity contribution in [2.45, 2.75) is 32.0 Å². The Labute approximate surface area is 118 Å². The molecule has 19 heavy (non-hydrogen) atoms. The number of rotatable bonds is 3. The second-order valence-electron chi connectivity index (χ2n) is 5.35. The van der Waals surface area contributed by atoms with Crippen LogP contribution in [0.25, 0.3) is 0 Å². The molecule has 0 saturated carbocycles. The Morgan fingerprint density at radius 1 is 1.21 bits per heavy atom. The minimum Gasteiger partial charge on any atom is -0.326 e. The Morgan fingerprint density at radius 3 is 2.68 bits per heavy atom. The molecule has 3 heteroatoms. The number of fused-ring (bicyclic) bond motifs is 1. The van der Waals surface area contributed by atoms with Gasteiger partial charge in [-0.2, -0.15) is 11.3 Å². The smallest absolute Gasteiger partial charge is 0.0508 e. The van der Waals surface area contributed by atoms with E-state index < -0.39 is 0 Å². The maximum atomic E-state index is 6.24. The van der Waals surface area contributed by atoms with Crippen LogP contribution in [0.1, 0.15) is 29.7 Å². The molecule has 1 aliphatic heterocycles. The largest absolute Gasteiger partial charge is 0.326 e. The zero-order valence-electron chi connectivity index (χ0n) is 11.3. The van der Waals surface area contributed by atoms with Crippen LogP contribution in [-0.4, -0.2) is 17.5 Å². The van der Waals surface area contributed by atoms with Gasteiger partial charge in [-0.3, -0.25) is 4.90 Å². The van der Waals surface area contributed by atoms with Crippen LogP contribution in [0.15, 0.2) is 41.1 Å². The fourth-order valence-electron chi connectivity index (χ4n) is 3.05. The molecule has 0 radical (unpaired) electrons. The second kappa shape index (κ2) is 5.45. The lowest BCUT2D eigenvalue weighted by Crippen LogP contribution is -2.42. The fourth-order valence-corrected chi connectivity index (χ4v) is 3.73. The highest BCUT2D eigenvalue weighted by Gasteiger charge is 2.27. The molecular weight excluding hydrogens is 252 g/mol. The first-order valence-corrected chi connectivity index (χ1v) is 7.78. The third-order valence-electron chi connectivity index (χ3n) is 3.94. The molecule has 1 aliphatic rings. The van der Waals surface area contributed by atoms with E-state index in [0.717, 1.165) is 19.5 Å². The number of thiophene rings is 1. The quantitative estimate of drug-likeness (QED) is 0.929. The van der Waals surface area contributed by atoms with E-state index in [1.54, 1.807) is 11.3 Å². The van der Waals surface area contributed by atoms with Crippen LogP contribution in [0.3, 0.4) is 0 Å². The number of nitrogens with zero attached hydrogens (tertiary/aromatic N) is 1. The van der Waals surface area contributed by atoms with Crippen molar-refractivity contribution in [3.63, 3.8) is 0 Å². The number of nitrogens with two attached hydrogens (primary N) is 1. The van der Waals surface area contributed by atoms with Crippen molar-refractivity contribution >= 4 is 11.3 Å². The summed E-state index contributed by atoms with van der Waals surface area (Å²) >= 11 is 1.75. The maximum Gasteiger partial charge on any atom is 0.0508 e. The zero-order valence-corrected chi connectivity index (χ0v) is 12.1. The van der Waals surface area contributed by atoms with E-state index in [1.165, 1.54) is 16.7 Å². The van der Waals surface area contributed by atoms with Crippen LogP contribution < -0.4 is 5.73 Å². The molecule has 2 aromatic rings. The van der Waals surface area contributed by atoms with Crippen LogP contribution in [0, 0.1) is 0 Å². The molecule has 2 atom stereocenters. The summed E-state index contributed by atoms with van der Waals surface area (Å²) in [4.78, 5) is 2.52. The molecule has 0 bridgehead atoms. The monoisotopic (exact) mass is 272 g/mol. The summed E-state index contributed by atoms with van der Waals surface area (Å²) in [7, 11) is 0. The molecule has 0 fully saturated rings. The molecule has 2 heterocycles. The summed E-state index contributed by atoms with van der Waals surface area (Å²) < 4.78 is 0. The van der Waals surface area contributed by atoms with E-state index in [-0.39, 0.29) is 6.04 Å². The SMILES string of the molecule is CC(N)C(c1ccsc1)N1CCc2ccccc2C1. The lowest BCUT2D eigenvalue weighted by molar-refractivity contribution is 0.160. The Bertz CT molecular complexity index is 533. The molecular formula is C16H20N2S. The van der Waals surface area contributed by atoms with Gasteiger partial charge in [-0.05, 0) is 46.9 Å². The van der Waals surface area contributed by atoms with Crippen molar-refractivity contribution in [1.29, 1.82) is 0 Å². The molecule has 0 spiro atoms. The minimum absolute atomic E-state index is 0.153. The lowest BCUT2D eigenvalue weighted by atomic mass is 9.95. The normalized spacial score (nSPS) is 18.8. The number of benzene rings is 1. The van der Waals surface area contributed by atoms with Crippen LogP contribution in [0.2, 0.25) is 0 Å². The summed E-state index contributed by atoms with van der Waals surface area (Å²) in [5, 5.41) is 4.37. The van der Waals surface area contributed by atoms with Gasteiger partial charge in [-0.25, -0.2) is 0 Å². The van der Waals surface area contributed by atoms with Gasteiger partial charge in [0.25, 0.3) is 0 Å². The molecule has 2 unspecified atom stereocenters. The van der Waals surface area contributed by atoms with Gasteiger partial charge in [0, 0.05) is 19.1 Å². The summed E-state index contributed by atoms with van der Waals surface area (Å²) in [6.45, 7) is 4.22. The van der Waals surface area contributed by atoms with Crippen molar-refractivity contribution < 1.29 is 0 Å². The Balaban J connectivity index is 1.86. The molecule has 1 aromatic heterocycles. The highest BCUT2D eigenvalue weighted by atomic mass is 32.1. The lowest BCUT2D eigenvalue weighted by Gasteiger charge is -2.37. The Kier molecular flexibility index (Phi) is 3.69. The molecule has 0 saturated heterocycles. The van der Waals surface area contributed by atoms with Crippen molar-refractivity contribution in [3.8, 4) is 0 Å². The average Bonchev–Trinajstić information content (AvgIpc) is 2.92. The van der Waals surface area contributed by atoms with Crippen molar-refractivity contribution in [1.82, 2.24) is 4.90 Å². The zero-order chi connectivity index (χ0) is 13.2. The highest BCUT2D eigenvalue weighted by molar-refractivity contribution is 7.07. The van der Waals surface area contributed by atoms with E-state index in [2.05, 4.69) is 52.9 Å². The Morgan fingerprint density at radius 2 is 2.00 bits per heavy atom.